The molecule has 160 valence electrons. The van der Waals surface area contributed by atoms with Gasteiger partial charge in [0.25, 0.3) is 5.91 Å². The Kier molecular flexibility index (Phi) is 4.36. The van der Waals surface area contributed by atoms with Crippen molar-refractivity contribution in [2.45, 2.75) is 56.9 Å². The molecule has 0 unspecified atom stereocenters. The van der Waals surface area contributed by atoms with Crippen LogP contribution in [-0.2, 0) is 17.6 Å². The number of amides is 1. The summed E-state index contributed by atoms with van der Waals surface area (Å²) in [5.74, 6) is 2.62. The molecule has 4 heterocycles. The van der Waals surface area contributed by atoms with E-state index in [1.165, 1.54) is 31.0 Å². The monoisotopic (exact) mass is 420 g/mol. The lowest BCUT2D eigenvalue weighted by atomic mass is 10.2. The lowest BCUT2D eigenvalue weighted by molar-refractivity contribution is -0.117. The summed E-state index contributed by atoms with van der Waals surface area (Å²) in [6.45, 7) is 0.732. The van der Waals surface area contributed by atoms with E-state index in [4.69, 9.17) is 14.4 Å². The Hall–Kier alpha value is -3.43. The van der Waals surface area contributed by atoms with Crippen molar-refractivity contribution in [3.05, 3.63) is 35.5 Å². The van der Waals surface area contributed by atoms with Crippen molar-refractivity contribution < 1.29 is 9.21 Å². The average molecular weight is 420 g/mol. The Labute approximate surface area is 178 Å². The molecule has 1 saturated heterocycles. The molecule has 3 aromatic rings. The molecule has 0 radical (unpaired) electrons. The molecule has 3 aliphatic rings. The smallest absolute Gasteiger partial charge is 0.301 e. The Morgan fingerprint density at radius 3 is 2.97 bits per heavy atom. The Morgan fingerprint density at radius 2 is 2.13 bits per heavy atom. The number of aromatic nitrogens is 5. The van der Waals surface area contributed by atoms with E-state index in [1.807, 2.05) is 4.90 Å². The van der Waals surface area contributed by atoms with E-state index in [1.54, 1.807) is 0 Å². The van der Waals surface area contributed by atoms with Gasteiger partial charge < -0.3 is 14.6 Å². The largest absolute Gasteiger partial charge is 0.432 e. The summed E-state index contributed by atoms with van der Waals surface area (Å²) in [6.07, 6.45) is 9.96. The Balaban J connectivity index is 1.27. The predicted octanol–water partition coefficient (Wildman–Crippen LogP) is 2.90. The van der Waals surface area contributed by atoms with Crippen LogP contribution in [0.15, 0.2) is 22.9 Å². The van der Waals surface area contributed by atoms with Crippen LogP contribution in [0.3, 0.4) is 0 Å². The van der Waals surface area contributed by atoms with Crippen molar-refractivity contribution in [2.75, 3.05) is 22.1 Å². The van der Waals surface area contributed by atoms with Gasteiger partial charge in [0.05, 0.1) is 11.9 Å². The third-order valence-corrected chi connectivity index (χ3v) is 6.26. The molecule has 1 aliphatic heterocycles. The third kappa shape index (κ3) is 3.51. The molecule has 10 heteroatoms. The van der Waals surface area contributed by atoms with Crippen LogP contribution in [0, 0.1) is 0 Å². The van der Waals surface area contributed by atoms with Crippen molar-refractivity contribution >= 4 is 29.5 Å². The first-order valence-corrected chi connectivity index (χ1v) is 10.9. The van der Waals surface area contributed by atoms with Crippen LogP contribution in [0.25, 0.3) is 0 Å². The molecule has 0 spiro atoms. The van der Waals surface area contributed by atoms with Crippen LogP contribution in [-0.4, -0.2) is 43.6 Å². The normalized spacial score (nSPS) is 20.1. The summed E-state index contributed by atoms with van der Waals surface area (Å²) in [4.78, 5) is 28.5. The maximum Gasteiger partial charge on any atom is 0.301 e. The van der Waals surface area contributed by atoms with E-state index in [0.717, 1.165) is 61.5 Å². The number of rotatable bonds is 6. The number of aryl methyl sites for hydroxylation is 1. The number of hydrogen-bond acceptors (Lipinski definition) is 8. The molecule has 2 aliphatic carbocycles. The topological polar surface area (TPSA) is 125 Å². The molecule has 3 N–H and O–H groups in total. The van der Waals surface area contributed by atoms with Crippen molar-refractivity contribution in [1.29, 1.82) is 0 Å². The summed E-state index contributed by atoms with van der Waals surface area (Å²) >= 11 is 0. The number of carbonyl (C=O) groups is 1. The van der Waals surface area contributed by atoms with Crippen LogP contribution >= 0.6 is 0 Å². The van der Waals surface area contributed by atoms with Crippen LogP contribution in [0.5, 0.6) is 0 Å². The zero-order chi connectivity index (χ0) is 20.8. The lowest BCUT2D eigenvalue weighted by Gasteiger charge is -2.24. The zero-order valence-corrected chi connectivity index (χ0v) is 17.1. The molecule has 10 nitrogen and oxygen atoms in total. The molecule has 3 aromatic heterocycles. The van der Waals surface area contributed by atoms with Crippen molar-refractivity contribution in [3.63, 3.8) is 0 Å². The van der Waals surface area contributed by atoms with Gasteiger partial charge in [-0.3, -0.25) is 15.2 Å². The summed E-state index contributed by atoms with van der Waals surface area (Å²) in [7, 11) is 0. The first-order chi connectivity index (χ1) is 15.2. The minimum absolute atomic E-state index is 0.153. The number of nitrogens with zero attached hydrogens (tertiary/aromatic N) is 5. The van der Waals surface area contributed by atoms with E-state index in [-0.39, 0.29) is 18.0 Å². The van der Waals surface area contributed by atoms with Gasteiger partial charge in [0, 0.05) is 29.8 Å². The maximum atomic E-state index is 12.8. The highest BCUT2D eigenvalue weighted by atomic mass is 16.4. The highest BCUT2D eigenvalue weighted by molar-refractivity contribution is 5.95. The highest BCUT2D eigenvalue weighted by Gasteiger charge is 2.34. The number of aromatic amines is 1. The molecule has 1 amide bonds. The molecular formula is C21H24N8O2. The first kappa shape index (κ1) is 18.3. The second-order valence-corrected chi connectivity index (χ2v) is 8.44. The van der Waals surface area contributed by atoms with Crippen molar-refractivity contribution in [2.24, 2.45) is 0 Å². The van der Waals surface area contributed by atoms with E-state index in [0.29, 0.717) is 11.9 Å². The zero-order valence-electron chi connectivity index (χ0n) is 17.1. The quantitative estimate of drug-likeness (QED) is 0.556. The van der Waals surface area contributed by atoms with Crippen LogP contribution in [0.4, 0.5) is 23.6 Å². The summed E-state index contributed by atoms with van der Waals surface area (Å²) in [6, 6.07) is 1.92. The highest BCUT2D eigenvalue weighted by Crippen LogP contribution is 2.40. The molecule has 0 bridgehead atoms. The fourth-order valence-electron chi connectivity index (χ4n) is 4.53. The first-order valence-electron chi connectivity index (χ1n) is 10.9. The molecule has 1 atom stereocenters. The fourth-order valence-corrected chi connectivity index (χ4v) is 4.53. The minimum Gasteiger partial charge on any atom is -0.432 e. The van der Waals surface area contributed by atoms with Gasteiger partial charge in [-0.1, -0.05) is 0 Å². The standard InChI is InChI=1S/C21H24N8O2/c30-19(26-21-22-8-10-31-21)16-5-2-9-29(16)20-23-14-4-1-3-13(14)18(25-20)24-17-11-15(27-28-17)12-6-7-12/h8,10-12,16H,1-7,9H2,(H,22,26,30)(H2,23,24,25,27,28)/t16-/m0/s1. The van der Waals surface area contributed by atoms with Crippen LogP contribution in [0.1, 0.15) is 55.0 Å². The molecular weight excluding hydrogens is 396 g/mol. The van der Waals surface area contributed by atoms with Gasteiger partial charge >= 0.3 is 6.01 Å². The number of nitrogens with one attached hydrogen (secondary N) is 3. The van der Waals surface area contributed by atoms with Crippen LogP contribution in [0.2, 0.25) is 0 Å². The number of anilines is 4. The lowest BCUT2D eigenvalue weighted by Crippen LogP contribution is -2.40. The number of fused-ring (bicyclic) bond motifs is 1. The van der Waals surface area contributed by atoms with E-state index in [9.17, 15) is 4.79 Å². The average Bonchev–Trinajstić information content (AvgIpc) is 3.27. The third-order valence-electron chi connectivity index (χ3n) is 6.26. The van der Waals surface area contributed by atoms with Crippen LogP contribution < -0.4 is 15.5 Å². The summed E-state index contributed by atoms with van der Waals surface area (Å²) in [5.41, 5.74) is 3.39. The van der Waals surface area contributed by atoms with Gasteiger partial charge in [-0.25, -0.2) is 9.97 Å². The molecule has 2 fully saturated rings. The van der Waals surface area contributed by atoms with Gasteiger partial charge in [-0.2, -0.15) is 10.1 Å². The fraction of sp³-hybridized carbons (Fsp3) is 0.476. The van der Waals surface area contributed by atoms with Crippen molar-refractivity contribution in [1.82, 2.24) is 25.1 Å². The SMILES string of the molecule is O=C(Nc1ncco1)[C@@H]1CCCN1c1nc2c(c(Nc3cc(C4CC4)[nH]n3)n1)CCC2. The Morgan fingerprint density at radius 1 is 1.19 bits per heavy atom. The molecule has 0 aromatic carbocycles. The second-order valence-electron chi connectivity index (χ2n) is 8.44. The van der Waals surface area contributed by atoms with Gasteiger partial charge in [-0.15, -0.1) is 0 Å². The van der Waals surface area contributed by atoms with Crippen molar-refractivity contribution in [3.8, 4) is 0 Å². The molecule has 31 heavy (non-hydrogen) atoms. The Bertz CT molecular complexity index is 1100. The number of hydrogen-bond donors (Lipinski definition) is 3. The molecule has 1 saturated carbocycles. The van der Waals surface area contributed by atoms with E-state index in [2.05, 4.69) is 31.9 Å². The van der Waals surface area contributed by atoms with Gasteiger partial charge in [0.2, 0.25) is 5.95 Å². The van der Waals surface area contributed by atoms with Gasteiger partial charge in [0.15, 0.2) is 5.82 Å². The van der Waals surface area contributed by atoms with Gasteiger partial charge in [-0.05, 0) is 44.9 Å². The number of H-pyrrole nitrogens is 1. The number of carbonyl (C=O) groups excluding carboxylic acids is 1. The summed E-state index contributed by atoms with van der Waals surface area (Å²) in [5, 5.41) is 13.7. The second kappa shape index (κ2) is 7.36. The summed E-state index contributed by atoms with van der Waals surface area (Å²) < 4.78 is 5.16. The van der Waals surface area contributed by atoms with E-state index < -0.39 is 0 Å². The van der Waals surface area contributed by atoms with Gasteiger partial charge in [0.1, 0.15) is 18.1 Å². The maximum absolute atomic E-state index is 12.8. The predicted molar refractivity (Wildman–Crippen MR) is 113 cm³/mol. The van der Waals surface area contributed by atoms with E-state index >= 15 is 0 Å². The number of oxazole rings is 1. The molecule has 6 rings (SSSR count). The minimum atomic E-state index is -0.356.